The Hall–Kier alpha value is -2.40. The van der Waals surface area contributed by atoms with Gasteiger partial charge in [0.25, 0.3) is 0 Å². The molecule has 0 aliphatic carbocycles. The lowest BCUT2D eigenvalue weighted by atomic mass is 9.89. The van der Waals surface area contributed by atoms with Crippen molar-refractivity contribution in [1.82, 2.24) is 15.1 Å². The zero-order valence-corrected chi connectivity index (χ0v) is 17.7. The second kappa shape index (κ2) is 10.1. The van der Waals surface area contributed by atoms with E-state index in [-0.39, 0.29) is 11.8 Å². The van der Waals surface area contributed by atoms with E-state index >= 15 is 0 Å². The molecule has 0 unspecified atom stereocenters. The van der Waals surface area contributed by atoms with Gasteiger partial charge in [-0.2, -0.15) is 0 Å². The molecule has 0 bridgehead atoms. The average molecular weight is 410 g/mol. The van der Waals surface area contributed by atoms with Crippen LogP contribution in [0.2, 0.25) is 0 Å². The Morgan fingerprint density at radius 2 is 1.53 bits per heavy atom. The van der Waals surface area contributed by atoms with E-state index in [1.54, 1.807) is 0 Å². The van der Waals surface area contributed by atoms with Gasteiger partial charge in [-0.05, 0) is 79.9 Å². The molecule has 2 saturated heterocycles. The molecule has 0 saturated carbocycles. The van der Waals surface area contributed by atoms with E-state index in [1.807, 2.05) is 17.0 Å². The van der Waals surface area contributed by atoms with E-state index < -0.39 is 0 Å². The molecule has 4 nitrogen and oxygen atoms in total. The fraction of sp³-hybridized carbons (Fsp3) is 0.480. The van der Waals surface area contributed by atoms with Crippen LogP contribution in [-0.2, 0) is 13.0 Å². The minimum absolute atomic E-state index is 0.0261. The number of nitrogens with one attached hydrogen (secondary N) is 1. The van der Waals surface area contributed by atoms with Crippen LogP contribution in [0.4, 0.5) is 9.18 Å². The number of halogens is 1. The van der Waals surface area contributed by atoms with Crippen molar-refractivity contribution in [2.45, 2.75) is 44.6 Å². The fourth-order valence-electron chi connectivity index (χ4n) is 4.59. The Kier molecular flexibility index (Phi) is 7.00. The van der Waals surface area contributed by atoms with Crippen LogP contribution in [-0.4, -0.2) is 48.6 Å². The molecule has 2 aromatic carbocycles. The lowest BCUT2D eigenvalue weighted by Gasteiger charge is -2.32. The average Bonchev–Trinajstić information content (AvgIpc) is 3.29. The zero-order valence-electron chi connectivity index (χ0n) is 17.7. The number of amides is 2. The summed E-state index contributed by atoms with van der Waals surface area (Å²) in [7, 11) is 0. The molecule has 2 aromatic rings. The third kappa shape index (κ3) is 5.60. The summed E-state index contributed by atoms with van der Waals surface area (Å²) in [5.41, 5.74) is 3.80. The van der Waals surface area contributed by atoms with Crippen molar-refractivity contribution in [2.75, 3.05) is 32.7 Å². The molecular weight excluding hydrogens is 377 g/mol. The second-order valence-corrected chi connectivity index (χ2v) is 8.59. The van der Waals surface area contributed by atoms with Crippen LogP contribution in [0.15, 0.2) is 48.5 Å². The third-order valence-corrected chi connectivity index (χ3v) is 6.44. The number of likely N-dealkylation sites (tertiary alicyclic amines) is 2. The Bertz CT molecular complexity index is 807. The van der Waals surface area contributed by atoms with Gasteiger partial charge >= 0.3 is 6.03 Å². The van der Waals surface area contributed by atoms with E-state index in [0.29, 0.717) is 12.5 Å². The standard InChI is InChI=1S/C25H32FN3O/c26-24-9-7-22(8-10-24)23-12-17-29(18-13-23)25(30)27-14-11-20-3-5-21(6-4-20)19-28-15-1-2-16-28/h3-10,23H,1-2,11-19H2,(H,27,30). The minimum Gasteiger partial charge on any atom is -0.338 e. The number of hydrogen-bond acceptors (Lipinski definition) is 2. The van der Waals surface area contributed by atoms with Crippen molar-refractivity contribution in [3.05, 3.63) is 71.0 Å². The number of carbonyl (C=O) groups is 1. The second-order valence-electron chi connectivity index (χ2n) is 8.59. The van der Waals surface area contributed by atoms with Crippen molar-refractivity contribution in [3.63, 3.8) is 0 Å². The summed E-state index contributed by atoms with van der Waals surface area (Å²) >= 11 is 0. The van der Waals surface area contributed by atoms with Gasteiger partial charge in [0.1, 0.15) is 5.82 Å². The van der Waals surface area contributed by atoms with Gasteiger partial charge < -0.3 is 10.2 Å². The van der Waals surface area contributed by atoms with Crippen molar-refractivity contribution in [2.24, 2.45) is 0 Å². The van der Waals surface area contributed by atoms with E-state index in [0.717, 1.165) is 38.9 Å². The van der Waals surface area contributed by atoms with Gasteiger partial charge in [-0.15, -0.1) is 0 Å². The van der Waals surface area contributed by atoms with E-state index in [1.165, 1.54) is 54.8 Å². The van der Waals surface area contributed by atoms with Crippen LogP contribution < -0.4 is 5.32 Å². The molecule has 2 fully saturated rings. The van der Waals surface area contributed by atoms with Crippen molar-refractivity contribution in [3.8, 4) is 0 Å². The first-order valence-electron chi connectivity index (χ1n) is 11.3. The first kappa shape index (κ1) is 20.9. The summed E-state index contributed by atoms with van der Waals surface area (Å²) in [6.07, 6.45) is 5.35. The minimum atomic E-state index is -0.197. The molecule has 2 amide bonds. The molecule has 0 spiro atoms. The SMILES string of the molecule is O=C(NCCc1ccc(CN2CCCC2)cc1)N1CCC(c2ccc(F)cc2)CC1. The normalized spacial score (nSPS) is 18.0. The maximum atomic E-state index is 13.1. The molecule has 2 aliphatic heterocycles. The Balaban J connectivity index is 1.16. The fourth-order valence-corrected chi connectivity index (χ4v) is 4.59. The molecule has 4 rings (SSSR count). The number of benzene rings is 2. The van der Waals surface area contributed by atoms with Crippen LogP contribution in [0, 0.1) is 5.82 Å². The smallest absolute Gasteiger partial charge is 0.317 e. The van der Waals surface area contributed by atoms with Gasteiger partial charge in [0.15, 0.2) is 0 Å². The predicted molar refractivity (Wildman–Crippen MR) is 118 cm³/mol. The van der Waals surface area contributed by atoms with Gasteiger partial charge in [0.2, 0.25) is 0 Å². The molecule has 0 atom stereocenters. The Labute approximate surface area is 179 Å². The highest BCUT2D eigenvalue weighted by atomic mass is 19.1. The number of nitrogens with zero attached hydrogens (tertiary/aromatic N) is 2. The number of rotatable bonds is 6. The van der Waals surface area contributed by atoms with Crippen LogP contribution in [0.1, 0.15) is 48.3 Å². The largest absolute Gasteiger partial charge is 0.338 e. The lowest BCUT2D eigenvalue weighted by Crippen LogP contribution is -2.44. The number of hydrogen-bond donors (Lipinski definition) is 1. The molecule has 160 valence electrons. The van der Waals surface area contributed by atoms with Crippen molar-refractivity contribution >= 4 is 6.03 Å². The topological polar surface area (TPSA) is 35.6 Å². The van der Waals surface area contributed by atoms with Crippen molar-refractivity contribution in [1.29, 1.82) is 0 Å². The lowest BCUT2D eigenvalue weighted by molar-refractivity contribution is 0.181. The summed E-state index contributed by atoms with van der Waals surface area (Å²) in [6, 6.07) is 15.6. The Morgan fingerprint density at radius 1 is 0.900 bits per heavy atom. The summed E-state index contributed by atoms with van der Waals surface area (Å²) in [5.74, 6) is 0.213. The van der Waals surface area contributed by atoms with Crippen LogP contribution >= 0.6 is 0 Å². The van der Waals surface area contributed by atoms with Crippen LogP contribution in [0.5, 0.6) is 0 Å². The summed E-state index contributed by atoms with van der Waals surface area (Å²) in [4.78, 5) is 16.9. The monoisotopic (exact) mass is 409 g/mol. The third-order valence-electron chi connectivity index (χ3n) is 6.44. The summed E-state index contributed by atoms with van der Waals surface area (Å²) in [6.45, 7) is 5.63. The maximum Gasteiger partial charge on any atom is 0.317 e. The van der Waals surface area contributed by atoms with Gasteiger partial charge in [0.05, 0.1) is 0 Å². The molecule has 0 aromatic heterocycles. The van der Waals surface area contributed by atoms with Gasteiger partial charge in [-0.25, -0.2) is 9.18 Å². The Morgan fingerprint density at radius 3 is 2.20 bits per heavy atom. The molecule has 0 radical (unpaired) electrons. The van der Waals surface area contributed by atoms with E-state index in [2.05, 4.69) is 34.5 Å². The van der Waals surface area contributed by atoms with Gasteiger partial charge in [-0.1, -0.05) is 36.4 Å². The number of urea groups is 1. The molecule has 2 aliphatic rings. The maximum absolute atomic E-state index is 13.1. The van der Waals surface area contributed by atoms with Crippen LogP contribution in [0.3, 0.4) is 0 Å². The highest BCUT2D eigenvalue weighted by Crippen LogP contribution is 2.28. The molecule has 30 heavy (non-hydrogen) atoms. The number of carbonyl (C=O) groups excluding carboxylic acids is 1. The quantitative estimate of drug-likeness (QED) is 0.760. The van der Waals surface area contributed by atoms with E-state index in [4.69, 9.17) is 0 Å². The molecule has 5 heteroatoms. The predicted octanol–water partition coefficient (Wildman–Crippen LogP) is 4.55. The summed E-state index contributed by atoms with van der Waals surface area (Å²) in [5, 5.41) is 3.07. The highest BCUT2D eigenvalue weighted by Gasteiger charge is 2.23. The van der Waals surface area contributed by atoms with E-state index in [9.17, 15) is 9.18 Å². The highest BCUT2D eigenvalue weighted by molar-refractivity contribution is 5.74. The molecule has 1 N–H and O–H groups in total. The molecule has 2 heterocycles. The van der Waals surface area contributed by atoms with Gasteiger partial charge in [0, 0.05) is 26.2 Å². The first-order chi connectivity index (χ1) is 14.7. The van der Waals surface area contributed by atoms with Crippen LogP contribution in [0.25, 0.3) is 0 Å². The number of piperidine rings is 1. The summed E-state index contributed by atoms with van der Waals surface area (Å²) < 4.78 is 13.1. The van der Waals surface area contributed by atoms with Crippen molar-refractivity contribution < 1.29 is 9.18 Å². The van der Waals surface area contributed by atoms with Gasteiger partial charge in [-0.3, -0.25) is 4.90 Å². The first-order valence-corrected chi connectivity index (χ1v) is 11.3. The zero-order chi connectivity index (χ0) is 20.8. The molecular formula is C25H32FN3O.